The zero-order valence-corrected chi connectivity index (χ0v) is 9.52. The van der Waals surface area contributed by atoms with E-state index in [-0.39, 0.29) is 6.10 Å². The van der Waals surface area contributed by atoms with E-state index in [4.69, 9.17) is 10.5 Å². The Labute approximate surface area is 95.1 Å². The Morgan fingerprint density at radius 2 is 2.56 bits per heavy atom. The van der Waals surface area contributed by atoms with Crippen molar-refractivity contribution in [2.24, 2.45) is 5.73 Å². The molecule has 2 heterocycles. The lowest BCUT2D eigenvalue weighted by atomic mass is 10.2. The zero-order chi connectivity index (χ0) is 11.4. The number of nitrogens with two attached hydrogens (primary N) is 1. The van der Waals surface area contributed by atoms with Gasteiger partial charge in [-0.05, 0) is 0 Å². The number of nitrogens with zero attached hydrogens (tertiary/aromatic N) is 2. The van der Waals surface area contributed by atoms with E-state index in [1.54, 1.807) is 7.11 Å². The Kier molecular flexibility index (Phi) is 3.76. The van der Waals surface area contributed by atoms with E-state index in [1.807, 2.05) is 16.9 Å². The fraction of sp³-hybridized carbons (Fsp3) is 0.700. The standard InChI is InChI=1S/C10H19N5O/c1-16-9(4-11)7-13-10-2-3-14-15(10)8-5-12-6-8/h2-3,8-9,12-13H,4-7,11H2,1H3. The molecule has 0 radical (unpaired) electrons. The van der Waals surface area contributed by atoms with Crippen LogP contribution in [0, 0.1) is 0 Å². The topological polar surface area (TPSA) is 77.1 Å². The normalized spacial score (nSPS) is 18.1. The molecular formula is C10H19N5O. The first kappa shape index (κ1) is 11.4. The van der Waals surface area contributed by atoms with Crippen LogP contribution in [0.25, 0.3) is 0 Å². The van der Waals surface area contributed by atoms with Crippen molar-refractivity contribution in [1.29, 1.82) is 0 Å². The van der Waals surface area contributed by atoms with Crippen molar-refractivity contribution in [1.82, 2.24) is 15.1 Å². The molecule has 1 atom stereocenters. The predicted molar refractivity (Wildman–Crippen MR) is 62.5 cm³/mol. The molecule has 0 amide bonds. The Balaban J connectivity index is 1.90. The molecule has 90 valence electrons. The molecule has 0 spiro atoms. The highest BCUT2D eigenvalue weighted by atomic mass is 16.5. The van der Waals surface area contributed by atoms with Gasteiger partial charge in [0.25, 0.3) is 0 Å². The van der Waals surface area contributed by atoms with E-state index < -0.39 is 0 Å². The smallest absolute Gasteiger partial charge is 0.124 e. The third kappa shape index (κ3) is 2.34. The van der Waals surface area contributed by atoms with Crippen molar-refractivity contribution >= 4 is 5.82 Å². The van der Waals surface area contributed by atoms with E-state index in [1.165, 1.54) is 0 Å². The lowest BCUT2D eigenvalue weighted by Gasteiger charge is -2.29. The van der Waals surface area contributed by atoms with Gasteiger partial charge in [0.05, 0.1) is 18.3 Å². The van der Waals surface area contributed by atoms with Crippen molar-refractivity contribution in [3.63, 3.8) is 0 Å². The summed E-state index contributed by atoms with van der Waals surface area (Å²) >= 11 is 0. The molecular weight excluding hydrogens is 206 g/mol. The second-order valence-electron chi connectivity index (χ2n) is 3.95. The van der Waals surface area contributed by atoms with Gasteiger partial charge >= 0.3 is 0 Å². The highest BCUT2D eigenvalue weighted by molar-refractivity contribution is 5.35. The van der Waals surface area contributed by atoms with Crippen molar-refractivity contribution in [2.45, 2.75) is 12.1 Å². The fourth-order valence-corrected chi connectivity index (χ4v) is 1.67. The molecule has 1 fully saturated rings. The third-order valence-electron chi connectivity index (χ3n) is 2.88. The van der Waals surface area contributed by atoms with Crippen molar-refractivity contribution in [3.8, 4) is 0 Å². The van der Waals surface area contributed by atoms with E-state index in [9.17, 15) is 0 Å². The second kappa shape index (κ2) is 5.29. The zero-order valence-electron chi connectivity index (χ0n) is 9.52. The van der Waals surface area contributed by atoms with Gasteiger partial charge in [-0.25, -0.2) is 4.68 Å². The molecule has 1 aliphatic heterocycles. The number of methoxy groups -OCH3 is 1. The summed E-state index contributed by atoms with van der Waals surface area (Å²) in [6, 6.07) is 2.44. The number of ether oxygens (including phenoxy) is 1. The number of rotatable bonds is 6. The lowest BCUT2D eigenvalue weighted by Crippen LogP contribution is -2.44. The molecule has 4 N–H and O–H groups in total. The Morgan fingerprint density at radius 1 is 1.75 bits per heavy atom. The first-order valence-corrected chi connectivity index (χ1v) is 5.56. The summed E-state index contributed by atoms with van der Waals surface area (Å²) in [6.07, 6.45) is 1.85. The Morgan fingerprint density at radius 3 is 3.12 bits per heavy atom. The van der Waals surface area contributed by atoms with E-state index in [0.29, 0.717) is 19.1 Å². The summed E-state index contributed by atoms with van der Waals surface area (Å²) in [6.45, 7) is 3.20. The average Bonchev–Trinajstić information content (AvgIpc) is 2.65. The van der Waals surface area contributed by atoms with Crippen LogP contribution in [-0.4, -0.2) is 49.2 Å². The molecule has 1 unspecified atom stereocenters. The molecule has 1 aromatic heterocycles. The van der Waals surface area contributed by atoms with Crippen LogP contribution in [0.15, 0.2) is 12.3 Å². The first-order chi connectivity index (χ1) is 7.85. The SMILES string of the molecule is COC(CN)CNc1ccnn1C1CNC1. The van der Waals surface area contributed by atoms with Crippen molar-refractivity contribution in [3.05, 3.63) is 12.3 Å². The minimum atomic E-state index is 0.0443. The van der Waals surface area contributed by atoms with Crippen LogP contribution in [0.2, 0.25) is 0 Å². The quantitative estimate of drug-likeness (QED) is 0.603. The molecule has 1 aromatic rings. The maximum absolute atomic E-state index is 5.56. The molecule has 0 aromatic carbocycles. The Hall–Kier alpha value is -1.11. The van der Waals surface area contributed by atoms with Gasteiger partial charge in [-0.1, -0.05) is 0 Å². The highest BCUT2D eigenvalue weighted by Gasteiger charge is 2.21. The lowest BCUT2D eigenvalue weighted by molar-refractivity contribution is 0.120. The van der Waals surface area contributed by atoms with Gasteiger partial charge in [0, 0.05) is 39.4 Å². The molecule has 2 rings (SSSR count). The summed E-state index contributed by atoms with van der Waals surface area (Å²) in [5.41, 5.74) is 5.56. The van der Waals surface area contributed by atoms with Crippen LogP contribution >= 0.6 is 0 Å². The van der Waals surface area contributed by atoms with E-state index in [0.717, 1.165) is 18.9 Å². The average molecular weight is 225 g/mol. The number of aromatic nitrogens is 2. The second-order valence-corrected chi connectivity index (χ2v) is 3.95. The maximum atomic E-state index is 5.56. The van der Waals surface area contributed by atoms with Gasteiger partial charge in [-0.15, -0.1) is 0 Å². The van der Waals surface area contributed by atoms with E-state index >= 15 is 0 Å². The van der Waals surface area contributed by atoms with Gasteiger partial charge in [0.1, 0.15) is 5.82 Å². The molecule has 0 bridgehead atoms. The Bertz CT molecular complexity index is 319. The monoisotopic (exact) mass is 225 g/mol. The molecule has 6 heteroatoms. The van der Waals surface area contributed by atoms with Crippen molar-refractivity contribution in [2.75, 3.05) is 38.6 Å². The van der Waals surface area contributed by atoms with Gasteiger partial charge in [-0.3, -0.25) is 0 Å². The number of hydrogen-bond acceptors (Lipinski definition) is 5. The van der Waals surface area contributed by atoms with Crippen LogP contribution in [0.4, 0.5) is 5.82 Å². The maximum Gasteiger partial charge on any atom is 0.124 e. The molecule has 1 saturated heterocycles. The number of anilines is 1. The summed E-state index contributed by atoms with van der Waals surface area (Å²) in [4.78, 5) is 0. The summed E-state index contributed by atoms with van der Waals surface area (Å²) < 4.78 is 7.22. The van der Waals surface area contributed by atoms with Crippen LogP contribution in [0.1, 0.15) is 6.04 Å². The summed E-state index contributed by atoms with van der Waals surface area (Å²) in [5.74, 6) is 1.03. The van der Waals surface area contributed by atoms with E-state index in [2.05, 4.69) is 15.7 Å². The van der Waals surface area contributed by atoms with Crippen LogP contribution in [0.3, 0.4) is 0 Å². The van der Waals surface area contributed by atoms with Gasteiger partial charge in [-0.2, -0.15) is 5.10 Å². The largest absolute Gasteiger partial charge is 0.378 e. The minimum absolute atomic E-state index is 0.0443. The predicted octanol–water partition coefficient (Wildman–Crippen LogP) is -0.587. The first-order valence-electron chi connectivity index (χ1n) is 5.56. The molecule has 0 aliphatic carbocycles. The molecule has 6 nitrogen and oxygen atoms in total. The number of nitrogens with one attached hydrogen (secondary N) is 2. The number of hydrogen-bond donors (Lipinski definition) is 3. The van der Waals surface area contributed by atoms with Crippen LogP contribution in [-0.2, 0) is 4.74 Å². The van der Waals surface area contributed by atoms with Gasteiger partial charge < -0.3 is 21.1 Å². The van der Waals surface area contributed by atoms with Crippen LogP contribution in [0.5, 0.6) is 0 Å². The molecule has 1 aliphatic rings. The van der Waals surface area contributed by atoms with Crippen molar-refractivity contribution < 1.29 is 4.74 Å². The molecule has 0 saturated carbocycles. The van der Waals surface area contributed by atoms with Gasteiger partial charge in [0.15, 0.2) is 0 Å². The fourth-order valence-electron chi connectivity index (χ4n) is 1.67. The van der Waals surface area contributed by atoms with Gasteiger partial charge in [0.2, 0.25) is 0 Å². The third-order valence-corrected chi connectivity index (χ3v) is 2.88. The summed E-state index contributed by atoms with van der Waals surface area (Å²) in [5, 5.41) is 10.9. The highest BCUT2D eigenvalue weighted by Crippen LogP contribution is 2.17. The summed E-state index contributed by atoms with van der Waals surface area (Å²) in [7, 11) is 1.67. The molecule has 16 heavy (non-hydrogen) atoms. The minimum Gasteiger partial charge on any atom is -0.378 e. The van der Waals surface area contributed by atoms with Crippen LogP contribution < -0.4 is 16.4 Å².